The van der Waals surface area contributed by atoms with Gasteiger partial charge in [0.25, 0.3) is 0 Å². The van der Waals surface area contributed by atoms with Crippen molar-refractivity contribution in [2.45, 2.75) is 12.5 Å². The van der Waals surface area contributed by atoms with Gasteiger partial charge in [0.15, 0.2) is 6.10 Å². The van der Waals surface area contributed by atoms with Gasteiger partial charge in [-0.3, -0.25) is 4.98 Å². The number of esters is 1. The Morgan fingerprint density at radius 1 is 1.12 bits per heavy atom. The van der Waals surface area contributed by atoms with Crippen LogP contribution in [0.1, 0.15) is 18.2 Å². The predicted octanol–water partition coefficient (Wildman–Crippen LogP) is 4.55. The first-order valence-corrected chi connectivity index (χ1v) is 10.0. The van der Waals surface area contributed by atoms with Gasteiger partial charge in [-0.1, -0.05) is 0 Å². The Hall–Kier alpha value is -3.73. The number of carbonyl (C=O) groups is 1. The highest BCUT2D eigenvalue weighted by Gasteiger charge is 2.34. The van der Waals surface area contributed by atoms with Crippen molar-refractivity contribution in [1.29, 1.82) is 0 Å². The molecule has 0 radical (unpaired) electrons. The second-order valence-corrected chi connectivity index (χ2v) is 7.53. The molecule has 0 amide bonds. The first-order chi connectivity index (χ1) is 15.4. The van der Waals surface area contributed by atoms with Crippen molar-refractivity contribution in [2.24, 2.45) is 4.99 Å². The maximum absolute atomic E-state index is 13.5. The molecule has 0 spiro atoms. The van der Waals surface area contributed by atoms with Crippen molar-refractivity contribution in [3.63, 3.8) is 0 Å². The topological polar surface area (TPSA) is 110 Å². The van der Waals surface area contributed by atoms with Crippen LogP contribution in [-0.4, -0.2) is 31.9 Å². The number of aliphatic hydroxyl groups is 1. The van der Waals surface area contributed by atoms with Crippen molar-refractivity contribution < 1.29 is 23.4 Å². The van der Waals surface area contributed by atoms with Crippen molar-refractivity contribution in [1.82, 2.24) is 15.0 Å². The SMILES string of the molecule is O=C1OC(c2ccc(Br)cn2)CC(O)=C1C(=Nc1ccnc(F)c1)Nc1ccnc(F)c1. The van der Waals surface area contributed by atoms with Gasteiger partial charge in [0, 0.05) is 47.3 Å². The molecule has 4 heterocycles. The maximum Gasteiger partial charge on any atom is 0.346 e. The molecule has 0 fully saturated rings. The minimum absolute atomic E-state index is 0.0637. The van der Waals surface area contributed by atoms with E-state index in [-0.39, 0.29) is 35.0 Å². The first kappa shape index (κ1) is 21.5. The second kappa shape index (κ2) is 9.18. The fourth-order valence-corrected chi connectivity index (χ4v) is 3.19. The van der Waals surface area contributed by atoms with Crippen LogP contribution in [0.25, 0.3) is 0 Å². The van der Waals surface area contributed by atoms with Gasteiger partial charge in [-0.15, -0.1) is 0 Å². The summed E-state index contributed by atoms with van der Waals surface area (Å²) >= 11 is 3.28. The number of anilines is 1. The zero-order valence-electron chi connectivity index (χ0n) is 16.2. The van der Waals surface area contributed by atoms with Crippen LogP contribution in [-0.2, 0) is 9.53 Å². The Morgan fingerprint density at radius 3 is 2.53 bits per heavy atom. The number of halogens is 3. The number of cyclic esters (lactones) is 1. The van der Waals surface area contributed by atoms with Crippen LogP contribution in [0.4, 0.5) is 20.2 Å². The van der Waals surface area contributed by atoms with E-state index in [0.717, 1.165) is 16.6 Å². The quantitative estimate of drug-likeness (QED) is 0.233. The summed E-state index contributed by atoms with van der Waals surface area (Å²) in [6, 6.07) is 8.34. The summed E-state index contributed by atoms with van der Waals surface area (Å²) in [6.07, 6.45) is 3.08. The van der Waals surface area contributed by atoms with E-state index in [0.29, 0.717) is 5.69 Å². The van der Waals surface area contributed by atoms with Gasteiger partial charge in [-0.05, 0) is 40.2 Å². The number of hydrogen-bond acceptors (Lipinski definition) is 7. The predicted molar refractivity (Wildman–Crippen MR) is 114 cm³/mol. The van der Waals surface area contributed by atoms with Crippen LogP contribution >= 0.6 is 15.9 Å². The number of pyridine rings is 3. The van der Waals surface area contributed by atoms with E-state index in [1.807, 2.05) is 0 Å². The summed E-state index contributed by atoms with van der Waals surface area (Å²) in [4.78, 5) is 28.2. The number of aliphatic imine (C=N–C) groups is 1. The fourth-order valence-electron chi connectivity index (χ4n) is 2.96. The maximum atomic E-state index is 13.5. The normalized spacial score (nSPS) is 16.7. The summed E-state index contributed by atoms with van der Waals surface area (Å²) < 4.78 is 33.3. The highest BCUT2D eigenvalue weighted by atomic mass is 79.9. The zero-order chi connectivity index (χ0) is 22.7. The van der Waals surface area contributed by atoms with Gasteiger partial charge in [-0.25, -0.2) is 19.8 Å². The molecule has 11 heteroatoms. The monoisotopic (exact) mass is 501 g/mol. The zero-order valence-corrected chi connectivity index (χ0v) is 17.8. The summed E-state index contributed by atoms with van der Waals surface area (Å²) in [6.45, 7) is 0. The number of aromatic nitrogens is 3. The number of ether oxygens (including phenoxy) is 1. The molecule has 32 heavy (non-hydrogen) atoms. The minimum Gasteiger partial charge on any atom is -0.511 e. The molecule has 3 aromatic heterocycles. The standard InChI is InChI=1S/C21H14BrF2N5O3/c22-11-1-2-14(27-10-11)16-9-15(30)19(21(31)32-16)20(28-12-3-5-25-17(23)7-12)29-13-4-6-26-18(24)8-13/h1-8,10,16,30H,9H2,(H,25,26,28,29). The lowest BCUT2D eigenvalue weighted by Crippen LogP contribution is -2.30. The Kier molecular flexibility index (Phi) is 6.17. The Labute approximate surface area is 188 Å². The van der Waals surface area contributed by atoms with Crippen LogP contribution in [0.2, 0.25) is 0 Å². The summed E-state index contributed by atoms with van der Waals surface area (Å²) in [5, 5.41) is 13.5. The Bertz CT molecular complexity index is 1230. The molecule has 0 aromatic carbocycles. The van der Waals surface area contributed by atoms with Crippen LogP contribution in [0.3, 0.4) is 0 Å². The molecule has 1 aliphatic rings. The molecular formula is C21H14BrF2N5O3. The number of carbonyl (C=O) groups excluding carboxylic acids is 1. The van der Waals surface area contributed by atoms with E-state index in [4.69, 9.17) is 4.74 Å². The Balaban J connectivity index is 1.73. The third kappa shape index (κ3) is 4.94. The lowest BCUT2D eigenvalue weighted by atomic mass is 10.0. The van der Waals surface area contributed by atoms with Gasteiger partial charge >= 0.3 is 5.97 Å². The number of nitrogens with zero attached hydrogens (tertiary/aromatic N) is 4. The third-order valence-corrected chi connectivity index (χ3v) is 4.85. The molecule has 8 nitrogen and oxygen atoms in total. The largest absolute Gasteiger partial charge is 0.511 e. The molecule has 162 valence electrons. The van der Waals surface area contributed by atoms with Gasteiger partial charge in [0.05, 0.1) is 11.4 Å². The average Bonchev–Trinajstić information content (AvgIpc) is 2.74. The van der Waals surface area contributed by atoms with Crippen LogP contribution < -0.4 is 5.32 Å². The van der Waals surface area contributed by atoms with Crippen molar-refractivity contribution in [2.75, 3.05) is 5.32 Å². The van der Waals surface area contributed by atoms with Gasteiger partial charge in [0.2, 0.25) is 11.9 Å². The molecule has 1 aliphatic heterocycles. The highest BCUT2D eigenvalue weighted by Crippen LogP contribution is 2.32. The summed E-state index contributed by atoms with van der Waals surface area (Å²) in [5.41, 5.74) is 0.494. The van der Waals surface area contributed by atoms with Crippen LogP contribution in [0, 0.1) is 11.9 Å². The van der Waals surface area contributed by atoms with E-state index in [1.54, 1.807) is 18.3 Å². The van der Waals surface area contributed by atoms with E-state index in [9.17, 15) is 18.7 Å². The van der Waals surface area contributed by atoms with Gasteiger partial charge in [0.1, 0.15) is 17.2 Å². The van der Waals surface area contributed by atoms with Crippen molar-refractivity contribution in [3.8, 4) is 0 Å². The third-order valence-electron chi connectivity index (χ3n) is 4.38. The van der Waals surface area contributed by atoms with Gasteiger partial charge < -0.3 is 15.2 Å². The highest BCUT2D eigenvalue weighted by molar-refractivity contribution is 9.10. The number of amidine groups is 1. The molecule has 3 aromatic rings. The summed E-state index contributed by atoms with van der Waals surface area (Å²) in [5.74, 6) is -2.91. The first-order valence-electron chi connectivity index (χ1n) is 9.23. The van der Waals surface area contributed by atoms with Crippen molar-refractivity contribution >= 4 is 39.1 Å². The van der Waals surface area contributed by atoms with E-state index < -0.39 is 24.0 Å². The van der Waals surface area contributed by atoms with E-state index >= 15 is 0 Å². The number of hydrogen-bond donors (Lipinski definition) is 2. The number of nitrogens with one attached hydrogen (secondary N) is 1. The smallest absolute Gasteiger partial charge is 0.346 e. The molecule has 0 bridgehead atoms. The van der Waals surface area contributed by atoms with E-state index in [1.165, 1.54) is 24.5 Å². The molecule has 1 unspecified atom stereocenters. The lowest BCUT2D eigenvalue weighted by Gasteiger charge is -2.25. The molecule has 0 saturated carbocycles. The van der Waals surface area contributed by atoms with Gasteiger partial charge in [-0.2, -0.15) is 8.78 Å². The van der Waals surface area contributed by atoms with Crippen LogP contribution in [0.15, 0.2) is 75.8 Å². The van der Waals surface area contributed by atoms with Crippen molar-refractivity contribution in [3.05, 3.63) is 88.4 Å². The average molecular weight is 502 g/mol. The fraction of sp³-hybridized carbons (Fsp3) is 0.0952. The number of rotatable bonds is 4. The second-order valence-electron chi connectivity index (χ2n) is 6.61. The van der Waals surface area contributed by atoms with E-state index in [2.05, 4.69) is 41.2 Å². The molecular weight excluding hydrogens is 488 g/mol. The Morgan fingerprint density at radius 2 is 1.88 bits per heavy atom. The molecule has 4 rings (SSSR count). The lowest BCUT2D eigenvalue weighted by molar-refractivity contribution is -0.146. The molecule has 0 aliphatic carbocycles. The minimum atomic E-state index is -0.876. The number of aliphatic hydroxyl groups excluding tert-OH is 1. The summed E-state index contributed by atoms with van der Waals surface area (Å²) in [7, 11) is 0. The molecule has 0 saturated heterocycles. The molecule has 2 N–H and O–H groups in total. The molecule has 1 atom stereocenters. The van der Waals surface area contributed by atoms with Crippen LogP contribution in [0.5, 0.6) is 0 Å².